The van der Waals surface area contributed by atoms with E-state index < -0.39 is 35.6 Å². The number of halogens is 3. The van der Waals surface area contributed by atoms with E-state index >= 15 is 0 Å². The van der Waals surface area contributed by atoms with E-state index in [0.717, 1.165) is 12.8 Å². The lowest BCUT2D eigenvalue weighted by molar-refractivity contribution is -0.205. The SMILES string of the molecule is COC(=O)c1ccc(C[C@@]2(C)O[C@H](c3cccc(Cl)c3)[C@@H](c3ccc(Cl)c(F)c3)N(C(CO)C3CC3)C2=O)nc1. The highest BCUT2D eigenvalue weighted by Crippen LogP contribution is 2.50. The maximum atomic E-state index is 14.8. The number of methoxy groups -OCH3 is 1. The van der Waals surface area contributed by atoms with Gasteiger partial charge in [-0.15, -0.1) is 0 Å². The molecule has 10 heteroatoms. The number of rotatable bonds is 8. The van der Waals surface area contributed by atoms with Crippen LogP contribution in [-0.4, -0.2) is 52.2 Å². The average molecular weight is 587 g/mol. The maximum Gasteiger partial charge on any atom is 0.339 e. The highest BCUT2D eigenvalue weighted by atomic mass is 35.5. The zero-order valence-corrected chi connectivity index (χ0v) is 23.5. The molecule has 1 saturated carbocycles. The van der Waals surface area contributed by atoms with Gasteiger partial charge in [0.1, 0.15) is 11.9 Å². The topological polar surface area (TPSA) is 89.0 Å². The van der Waals surface area contributed by atoms with Crippen LogP contribution >= 0.6 is 23.2 Å². The van der Waals surface area contributed by atoms with Gasteiger partial charge in [0.05, 0.1) is 36.4 Å². The van der Waals surface area contributed by atoms with Crippen LogP contribution in [0.2, 0.25) is 10.0 Å². The number of aromatic nitrogens is 1. The Kier molecular flexibility index (Phi) is 8.15. The van der Waals surface area contributed by atoms with E-state index in [1.165, 1.54) is 25.4 Å². The second-order valence-electron chi connectivity index (χ2n) is 10.4. The molecule has 1 aromatic heterocycles. The van der Waals surface area contributed by atoms with Crippen molar-refractivity contribution in [2.24, 2.45) is 5.92 Å². The predicted octanol–water partition coefficient (Wildman–Crippen LogP) is 5.73. The van der Waals surface area contributed by atoms with Gasteiger partial charge in [-0.2, -0.15) is 0 Å². The van der Waals surface area contributed by atoms with Crippen LogP contribution in [0.25, 0.3) is 0 Å². The second-order valence-corrected chi connectivity index (χ2v) is 11.3. The van der Waals surface area contributed by atoms with Crippen LogP contribution in [0.4, 0.5) is 4.39 Å². The van der Waals surface area contributed by atoms with Crippen molar-refractivity contribution in [2.45, 2.75) is 50.0 Å². The molecule has 1 unspecified atom stereocenters. The van der Waals surface area contributed by atoms with Crippen molar-refractivity contribution < 1.29 is 28.6 Å². The highest BCUT2D eigenvalue weighted by Gasteiger charge is 2.55. The minimum atomic E-state index is -1.41. The van der Waals surface area contributed by atoms with E-state index in [1.807, 2.05) is 6.07 Å². The summed E-state index contributed by atoms with van der Waals surface area (Å²) in [6.07, 6.45) is 2.46. The molecule has 1 aliphatic carbocycles. The third-order valence-electron chi connectivity index (χ3n) is 7.60. The smallest absolute Gasteiger partial charge is 0.339 e. The number of aliphatic hydroxyl groups is 1. The van der Waals surface area contributed by atoms with Crippen molar-refractivity contribution in [3.8, 4) is 0 Å². The molecule has 3 aromatic rings. The third kappa shape index (κ3) is 5.59. The fourth-order valence-corrected chi connectivity index (χ4v) is 5.75. The first-order valence-electron chi connectivity index (χ1n) is 13.0. The van der Waals surface area contributed by atoms with Crippen molar-refractivity contribution in [2.75, 3.05) is 13.7 Å². The summed E-state index contributed by atoms with van der Waals surface area (Å²) in [7, 11) is 1.29. The minimum Gasteiger partial charge on any atom is -0.465 e. The van der Waals surface area contributed by atoms with Crippen LogP contribution in [0.5, 0.6) is 0 Å². The lowest BCUT2D eigenvalue weighted by Crippen LogP contribution is -2.62. The van der Waals surface area contributed by atoms with Crippen molar-refractivity contribution in [3.05, 3.63) is 99.0 Å². The molecule has 210 valence electrons. The number of aliphatic hydroxyl groups excluding tert-OH is 1. The molecule has 2 fully saturated rings. The molecule has 4 atom stereocenters. The molecule has 1 saturated heterocycles. The van der Waals surface area contributed by atoms with Gasteiger partial charge in [-0.3, -0.25) is 9.78 Å². The summed E-state index contributed by atoms with van der Waals surface area (Å²) in [5.41, 5.74) is 0.581. The van der Waals surface area contributed by atoms with Crippen molar-refractivity contribution in [3.63, 3.8) is 0 Å². The van der Waals surface area contributed by atoms with E-state index in [-0.39, 0.29) is 35.4 Å². The molecule has 2 aromatic carbocycles. The number of hydrogen-bond acceptors (Lipinski definition) is 6. The van der Waals surface area contributed by atoms with Crippen LogP contribution in [0, 0.1) is 11.7 Å². The highest BCUT2D eigenvalue weighted by molar-refractivity contribution is 6.31. The van der Waals surface area contributed by atoms with Crippen molar-refractivity contribution in [1.29, 1.82) is 0 Å². The Morgan fingerprint density at radius 3 is 2.58 bits per heavy atom. The van der Waals surface area contributed by atoms with Gasteiger partial charge in [-0.05, 0) is 73.2 Å². The van der Waals surface area contributed by atoms with E-state index in [4.69, 9.17) is 32.7 Å². The molecule has 40 heavy (non-hydrogen) atoms. The Morgan fingerprint density at radius 2 is 1.98 bits per heavy atom. The minimum absolute atomic E-state index is 0.0372. The molecule has 2 aliphatic rings. The Labute approximate surface area is 241 Å². The summed E-state index contributed by atoms with van der Waals surface area (Å²) in [4.78, 5) is 32.4. The van der Waals surface area contributed by atoms with Crippen molar-refractivity contribution >= 4 is 35.1 Å². The van der Waals surface area contributed by atoms with Gasteiger partial charge < -0.3 is 19.5 Å². The monoisotopic (exact) mass is 586 g/mol. The van der Waals surface area contributed by atoms with E-state index in [2.05, 4.69) is 4.98 Å². The normalized spacial score (nSPS) is 23.6. The van der Waals surface area contributed by atoms with E-state index in [1.54, 1.807) is 48.2 Å². The van der Waals surface area contributed by atoms with Crippen LogP contribution in [0.3, 0.4) is 0 Å². The molecule has 0 bridgehead atoms. The van der Waals surface area contributed by atoms with E-state index in [9.17, 15) is 19.1 Å². The number of hydrogen-bond donors (Lipinski definition) is 1. The summed E-state index contributed by atoms with van der Waals surface area (Å²) in [6.45, 7) is 1.43. The van der Waals surface area contributed by atoms with Gasteiger partial charge in [-0.25, -0.2) is 9.18 Å². The number of amides is 1. The predicted molar refractivity (Wildman–Crippen MR) is 148 cm³/mol. The summed E-state index contributed by atoms with van der Waals surface area (Å²) in [5, 5.41) is 11.0. The number of pyridine rings is 1. The fraction of sp³-hybridized carbons (Fsp3) is 0.367. The molecule has 1 amide bonds. The maximum absolute atomic E-state index is 14.8. The zero-order valence-electron chi connectivity index (χ0n) is 22.0. The number of nitrogens with zero attached hydrogens (tertiary/aromatic N) is 2. The molecule has 5 rings (SSSR count). The molecule has 0 spiro atoms. The van der Waals surface area contributed by atoms with Gasteiger partial charge in [0.25, 0.3) is 5.91 Å². The number of ether oxygens (including phenoxy) is 2. The summed E-state index contributed by atoms with van der Waals surface area (Å²) in [5.74, 6) is -1.38. The first-order valence-corrected chi connectivity index (χ1v) is 13.8. The van der Waals surface area contributed by atoms with Crippen LogP contribution in [-0.2, 0) is 20.7 Å². The van der Waals surface area contributed by atoms with Crippen molar-refractivity contribution in [1.82, 2.24) is 9.88 Å². The largest absolute Gasteiger partial charge is 0.465 e. The van der Waals surface area contributed by atoms with Gasteiger partial charge in [-0.1, -0.05) is 41.4 Å². The second kappa shape index (κ2) is 11.4. The van der Waals surface area contributed by atoms with Crippen LogP contribution in [0.15, 0.2) is 60.8 Å². The summed E-state index contributed by atoms with van der Waals surface area (Å²) >= 11 is 12.4. The molecule has 1 N–H and O–H groups in total. The van der Waals surface area contributed by atoms with Crippen LogP contribution in [0.1, 0.15) is 59.1 Å². The molecule has 2 heterocycles. The summed E-state index contributed by atoms with van der Waals surface area (Å²) < 4.78 is 26.2. The number of morpholine rings is 1. The molecule has 0 radical (unpaired) electrons. The average Bonchev–Trinajstić information content (AvgIpc) is 3.78. The number of esters is 1. The molecule has 1 aliphatic heterocycles. The van der Waals surface area contributed by atoms with Gasteiger partial charge in [0.2, 0.25) is 0 Å². The Hall–Kier alpha value is -3.04. The molecule has 7 nitrogen and oxygen atoms in total. The number of carbonyl (C=O) groups excluding carboxylic acids is 2. The third-order valence-corrected chi connectivity index (χ3v) is 8.14. The summed E-state index contributed by atoms with van der Waals surface area (Å²) in [6, 6.07) is 13.5. The number of carbonyl (C=O) groups is 2. The fourth-order valence-electron chi connectivity index (χ4n) is 5.44. The van der Waals surface area contributed by atoms with Gasteiger partial charge in [0, 0.05) is 23.3 Å². The quantitative estimate of drug-likeness (QED) is 0.339. The Morgan fingerprint density at radius 1 is 1.20 bits per heavy atom. The zero-order chi connectivity index (χ0) is 28.6. The Bertz CT molecular complexity index is 1420. The molecular weight excluding hydrogens is 558 g/mol. The molecular formula is C30H29Cl2FN2O5. The lowest BCUT2D eigenvalue weighted by Gasteiger charge is -2.51. The number of benzene rings is 2. The lowest BCUT2D eigenvalue weighted by atomic mass is 9.85. The first-order chi connectivity index (χ1) is 19.1. The van der Waals surface area contributed by atoms with Gasteiger partial charge >= 0.3 is 5.97 Å². The Balaban J connectivity index is 1.62. The first kappa shape index (κ1) is 28.5. The van der Waals surface area contributed by atoms with E-state index in [0.29, 0.717) is 21.8 Å². The van der Waals surface area contributed by atoms with Crippen LogP contribution < -0.4 is 0 Å². The standard InChI is InChI=1S/C30H29Cl2FN2O5/c1-30(14-22-10-8-20(15-34-22)28(37)39-2)29(38)35(25(16-36)17-6-7-17)26(18-9-11-23(32)24(33)13-18)27(40-30)19-4-3-5-21(31)12-19/h3-5,8-13,15,17,25-27,36H,6-7,14,16H2,1-2H3/t25?,26-,27-,30-/m1/s1. The van der Waals surface area contributed by atoms with Gasteiger partial charge in [0.15, 0.2) is 5.60 Å².